The highest BCUT2D eigenvalue weighted by Crippen LogP contribution is 2.34. The number of carbonyl (C=O) groups is 3. The molecular weight excluding hydrogens is 352 g/mol. The number of hydrogen-bond acceptors (Lipinski definition) is 5. The molecule has 26 heavy (non-hydrogen) atoms. The average molecular weight is 370 g/mol. The third-order valence-corrected chi connectivity index (χ3v) is 4.82. The molecule has 6 nitrogen and oxygen atoms in total. The van der Waals surface area contributed by atoms with Gasteiger partial charge in [-0.3, -0.25) is 14.5 Å². The Morgan fingerprint density at radius 2 is 1.92 bits per heavy atom. The number of carbonyl (C=O) groups excluding carboxylic acids is 3. The van der Waals surface area contributed by atoms with Crippen molar-refractivity contribution < 1.29 is 19.1 Å². The fourth-order valence-corrected chi connectivity index (χ4v) is 3.54. The van der Waals surface area contributed by atoms with Crippen LogP contribution in [-0.2, 0) is 14.3 Å². The highest BCUT2D eigenvalue weighted by molar-refractivity contribution is 8.18. The molecule has 2 amide bonds. The zero-order valence-electron chi connectivity index (χ0n) is 14.4. The molecular formula is C19H18N2O4S. The maximum absolute atomic E-state index is 12.6. The van der Waals surface area contributed by atoms with E-state index in [1.54, 1.807) is 13.0 Å². The molecule has 1 atom stereocenters. The predicted molar refractivity (Wildman–Crippen MR) is 99.7 cm³/mol. The van der Waals surface area contributed by atoms with Gasteiger partial charge >= 0.3 is 5.97 Å². The molecule has 2 aromatic rings. The largest absolute Gasteiger partial charge is 0.464 e. The molecule has 134 valence electrons. The lowest BCUT2D eigenvalue weighted by molar-refractivity contribution is -0.150. The summed E-state index contributed by atoms with van der Waals surface area (Å²) in [7, 11) is 0. The molecule has 0 saturated carbocycles. The van der Waals surface area contributed by atoms with Gasteiger partial charge in [0.2, 0.25) is 0 Å². The van der Waals surface area contributed by atoms with Gasteiger partial charge in [-0.2, -0.15) is 0 Å². The van der Waals surface area contributed by atoms with Crippen LogP contribution in [0.4, 0.5) is 4.79 Å². The van der Waals surface area contributed by atoms with Crippen LogP contribution < -0.4 is 0 Å². The number of hydrogen-bond donors (Lipinski definition) is 0. The smallest absolute Gasteiger partial charge is 0.329 e. The molecule has 2 heterocycles. The van der Waals surface area contributed by atoms with E-state index in [1.807, 2.05) is 53.2 Å². The monoisotopic (exact) mass is 370 g/mol. The maximum atomic E-state index is 12.6. The number of rotatable bonds is 5. The zero-order chi connectivity index (χ0) is 18.7. The minimum Gasteiger partial charge on any atom is -0.464 e. The van der Waals surface area contributed by atoms with Gasteiger partial charge in [-0.15, -0.1) is 0 Å². The Balaban J connectivity index is 1.88. The van der Waals surface area contributed by atoms with Gasteiger partial charge in [-0.1, -0.05) is 18.2 Å². The summed E-state index contributed by atoms with van der Waals surface area (Å²) in [6, 6.07) is 12.4. The van der Waals surface area contributed by atoms with Gasteiger partial charge in [0.05, 0.1) is 11.5 Å². The number of benzene rings is 1. The van der Waals surface area contributed by atoms with Gasteiger partial charge in [0, 0.05) is 17.6 Å². The van der Waals surface area contributed by atoms with Crippen molar-refractivity contribution in [1.29, 1.82) is 0 Å². The molecule has 1 aliphatic rings. The van der Waals surface area contributed by atoms with Gasteiger partial charge in [0.25, 0.3) is 11.1 Å². The summed E-state index contributed by atoms with van der Waals surface area (Å²) in [4.78, 5) is 38.0. The summed E-state index contributed by atoms with van der Waals surface area (Å²) >= 11 is 0.825. The van der Waals surface area contributed by atoms with Crippen LogP contribution in [0.5, 0.6) is 0 Å². The minimum atomic E-state index is -0.950. The van der Waals surface area contributed by atoms with Crippen LogP contribution in [0, 0.1) is 0 Å². The van der Waals surface area contributed by atoms with E-state index in [1.165, 1.54) is 6.92 Å². The van der Waals surface area contributed by atoms with E-state index < -0.39 is 23.2 Å². The molecule has 7 heteroatoms. The van der Waals surface area contributed by atoms with Crippen LogP contribution >= 0.6 is 11.8 Å². The number of ether oxygens (including phenoxy) is 1. The summed E-state index contributed by atoms with van der Waals surface area (Å²) in [6.07, 6.45) is 3.54. The quantitative estimate of drug-likeness (QED) is 0.595. The van der Waals surface area contributed by atoms with Crippen LogP contribution in [-0.4, -0.2) is 39.2 Å². The van der Waals surface area contributed by atoms with E-state index >= 15 is 0 Å². The van der Waals surface area contributed by atoms with Gasteiger partial charge in [0.1, 0.15) is 6.04 Å². The molecule has 0 N–H and O–H groups in total. The first kappa shape index (κ1) is 18.0. The molecule has 1 aromatic heterocycles. The molecule has 3 rings (SSSR count). The number of imide groups is 1. The molecule has 1 saturated heterocycles. The van der Waals surface area contributed by atoms with E-state index in [0.717, 1.165) is 28.0 Å². The number of thioether (sulfide) groups is 1. The van der Waals surface area contributed by atoms with Crippen molar-refractivity contribution in [2.45, 2.75) is 19.9 Å². The van der Waals surface area contributed by atoms with Crippen LogP contribution in [0.1, 0.15) is 19.5 Å². The Bertz CT molecular complexity index is 873. The zero-order valence-corrected chi connectivity index (χ0v) is 15.2. The molecule has 0 spiro atoms. The molecule has 0 radical (unpaired) electrons. The second kappa shape index (κ2) is 7.61. The SMILES string of the molecule is CCOC(=O)C(C)N1C(=O)S/C(=C\c2cccn2-c2ccccc2)C1=O. The highest BCUT2D eigenvalue weighted by Gasteiger charge is 2.41. The number of para-hydroxylation sites is 1. The predicted octanol–water partition coefficient (Wildman–Crippen LogP) is 3.47. The van der Waals surface area contributed by atoms with Gasteiger partial charge in [-0.05, 0) is 56.0 Å². The van der Waals surface area contributed by atoms with Crippen LogP contribution in [0.2, 0.25) is 0 Å². The fourth-order valence-electron chi connectivity index (χ4n) is 2.65. The van der Waals surface area contributed by atoms with Crippen molar-refractivity contribution in [1.82, 2.24) is 9.47 Å². The Kier molecular flexibility index (Phi) is 5.27. The van der Waals surface area contributed by atoms with Crippen LogP contribution in [0.25, 0.3) is 11.8 Å². The molecule has 1 aromatic carbocycles. The minimum absolute atomic E-state index is 0.194. The highest BCUT2D eigenvalue weighted by atomic mass is 32.2. The fraction of sp³-hybridized carbons (Fsp3) is 0.211. The number of esters is 1. The lowest BCUT2D eigenvalue weighted by atomic mass is 10.2. The van der Waals surface area contributed by atoms with E-state index in [9.17, 15) is 14.4 Å². The molecule has 0 aliphatic carbocycles. The first-order valence-electron chi connectivity index (χ1n) is 8.19. The first-order chi connectivity index (χ1) is 12.5. The van der Waals surface area contributed by atoms with Gasteiger partial charge in [-0.25, -0.2) is 4.79 Å². The summed E-state index contributed by atoms with van der Waals surface area (Å²) in [5.74, 6) is -1.08. The lowest BCUT2D eigenvalue weighted by Crippen LogP contribution is -2.42. The summed E-state index contributed by atoms with van der Waals surface area (Å²) in [5.41, 5.74) is 1.72. The van der Waals surface area contributed by atoms with Crippen molar-refractivity contribution in [3.63, 3.8) is 0 Å². The molecule has 1 fully saturated rings. The lowest BCUT2D eigenvalue weighted by Gasteiger charge is -2.19. The molecule has 1 unspecified atom stereocenters. The topological polar surface area (TPSA) is 68.6 Å². The molecule has 1 aliphatic heterocycles. The maximum Gasteiger partial charge on any atom is 0.329 e. The van der Waals surface area contributed by atoms with Gasteiger partial charge in [0.15, 0.2) is 0 Å². The van der Waals surface area contributed by atoms with Crippen molar-refractivity contribution in [3.8, 4) is 5.69 Å². The van der Waals surface area contributed by atoms with Crippen molar-refractivity contribution >= 4 is 35.0 Å². The van der Waals surface area contributed by atoms with Gasteiger partial charge < -0.3 is 9.30 Å². The standard InChI is InChI=1S/C19H18N2O4S/c1-3-25-18(23)13(2)21-17(22)16(26-19(21)24)12-15-10-7-11-20(15)14-8-5-4-6-9-14/h4-13H,3H2,1-2H3/b16-12-. The van der Waals surface area contributed by atoms with Crippen LogP contribution in [0.3, 0.4) is 0 Å². The number of nitrogens with zero attached hydrogens (tertiary/aromatic N) is 2. The number of amides is 2. The third kappa shape index (κ3) is 3.43. The Hall–Kier alpha value is -2.80. The van der Waals surface area contributed by atoms with Crippen molar-refractivity contribution in [3.05, 3.63) is 59.3 Å². The third-order valence-electron chi connectivity index (χ3n) is 3.93. The Morgan fingerprint density at radius 3 is 2.62 bits per heavy atom. The summed E-state index contributed by atoms with van der Waals surface area (Å²) in [6.45, 7) is 3.36. The average Bonchev–Trinajstić information content (AvgIpc) is 3.20. The first-order valence-corrected chi connectivity index (χ1v) is 9.01. The van der Waals surface area contributed by atoms with Crippen molar-refractivity contribution in [2.75, 3.05) is 6.61 Å². The second-order valence-electron chi connectivity index (χ2n) is 5.62. The number of aromatic nitrogens is 1. The van der Waals surface area contributed by atoms with Crippen LogP contribution in [0.15, 0.2) is 53.6 Å². The Labute approximate surface area is 155 Å². The van der Waals surface area contributed by atoms with E-state index in [4.69, 9.17) is 4.74 Å². The van der Waals surface area contributed by atoms with E-state index in [-0.39, 0.29) is 11.5 Å². The van der Waals surface area contributed by atoms with E-state index in [2.05, 4.69) is 0 Å². The van der Waals surface area contributed by atoms with Crippen molar-refractivity contribution in [2.24, 2.45) is 0 Å². The van der Waals surface area contributed by atoms with E-state index in [0.29, 0.717) is 0 Å². The molecule has 0 bridgehead atoms. The summed E-state index contributed by atoms with van der Waals surface area (Å²) < 4.78 is 6.83. The second-order valence-corrected chi connectivity index (χ2v) is 6.61. The summed E-state index contributed by atoms with van der Waals surface area (Å²) in [5, 5.41) is -0.473. The normalized spacial score (nSPS) is 17.0. The Morgan fingerprint density at radius 1 is 1.19 bits per heavy atom.